The Morgan fingerprint density at radius 3 is 2.21 bits per heavy atom. The third-order valence-corrected chi connectivity index (χ3v) is 5.63. The Bertz CT molecular complexity index is 908. The number of carbonyl (C=O) groups is 1. The van der Waals surface area contributed by atoms with Crippen LogP contribution in [0.1, 0.15) is 43.9 Å². The van der Waals surface area contributed by atoms with Gasteiger partial charge in [0.2, 0.25) is 15.9 Å². The number of methoxy groups -OCH3 is 1. The van der Waals surface area contributed by atoms with Gasteiger partial charge in [0.25, 0.3) is 0 Å². The molecule has 1 N–H and O–H groups in total. The van der Waals surface area contributed by atoms with Crippen LogP contribution in [0.5, 0.6) is 5.75 Å². The maximum absolute atomic E-state index is 12.6. The first-order valence-electron chi connectivity index (χ1n) is 9.13. The summed E-state index contributed by atoms with van der Waals surface area (Å²) in [5, 5.41) is 2.87. The fourth-order valence-corrected chi connectivity index (χ4v) is 3.85. The summed E-state index contributed by atoms with van der Waals surface area (Å²) in [6.45, 7) is 5.56. The van der Waals surface area contributed by atoms with Gasteiger partial charge in [0, 0.05) is 0 Å². The lowest BCUT2D eigenvalue weighted by molar-refractivity contribution is -0.120. The number of para-hydroxylation sites is 1. The molecule has 0 aliphatic heterocycles. The molecule has 0 aromatic heterocycles. The van der Waals surface area contributed by atoms with Crippen molar-refractivity contribution in [1.82, 2.24) is 5.32 Å². The first-order valence-corrected chi connectivity index (χ1v) is 11.0. The lowest BCUT2D eigenvalue weighted by Crippen LogP contribution is -2.41. The molecular formula is C21H28N2O4S. The summed E-state index contributed by atoms with van der Waals surface area (Å²) >= 11 is 0. The smallest absolute Gasteiger partial charge is 0.241 e. The van der Waals surface area contributed by atoms with Gasteiger partial charge in [-0.25, -0.2) is 8.42 Å². The highest BCUT2D eigenvalue weighted by Crippen LogP contribution is 2.29. The average Bonchev–Trinajstić information content (AvgIpc) is 2.65. The second-order valence-electron chi connectivity index (χ2n) is 7.05. The van der Waals surface area contributed by atoms with Gasteiger partial charge in [-0.05, 0) is 42.2 Å². The molecule has 1 unspecified atom stereocenters. The lowest BCUT2D eigenvalue weighted by Gasteiger charge is -2.26. The molecule has 0 heterocycles. The van der Waals surface area contributed by atoms with Crippen LogP contribution in [-0.2, 0) is 14.8 Å². The second kappa shape index (κ2) is 9.10. The first-order chi connectivity index (χ1) is 13.1. The fraction of sp³-hybridized carbons (Fsp3) is 0.381. The molecular weight excluding hydrogens is 376 g/mol. The average molecular weight is 405 g/mol. The summed E-state index contributed by atoms with van der Waals surface area (Å²) in [5.41, 5.74) is 2.32. The number of hydrogen-bond acceptors (Lipinski definition) is 4. The number of anilines is 1. The van der Waals surface area contributed by atoms with E-state index >= 15 is 0 Å². The first kappa shape index (κ1) is 21.8. The molecule has 0 saturated carbocycles. The SMILES string of the molecule is COc1ccc(C(C)NC(=O)CN(c2ccccc2C(C)C)S(C)(=O)=O)cc1. The topological polar surface area (TPSA) is 75.7 Å². The van der Waals surface area contributed by atoms with Crippen molar-refractivity contribution in [3.63, 3.8) is 0 Å². The minimum Gasteiger partial charge on any atom is -0.497 e. The van der Waals surface area contributed by atoms with Crippen LogP contribution in [0.15, 0.2) is 48.5 Å². The predicted molar refractivity (Wildman–Crippen MR) is 112 cm³/mol. The van der Waals surface area contributed by atoms with Crippen LogP contribution in [-0.4, -0.2) is 34.2 Å². The Balaban J connectivity index is 2.20. The van der Waals surface area contributed by atoms with Gasteiger partial charge in [-0.3, -0.25) is 9.10 Å². The van der Waals surface area contributed by atoms with E-state index in [1.54, 1.807) is 19.2 Å². The zero-order valence-corrected chi connectivity index (χ0v) is 17.8. The van der Waals surface area contributed by atoms with Crippen LogP contribution in [0.3, 0.4) is 0 Å². The summed E-state index contributed by atoms with van der Waals surface area (Å²) in [7, 11) is -2.03. The molecule has 0 spiro atoms. The molecule has 7 heteroatoms. The Hall–Kier alpha value is -2.54. The Kier molecular flexibility index (Phi) is 7.07. The van der Waals surface area contributed by atoms with Crippen molar-refractivity contribution >= 4 is 21.6 Å². The molecule has 6 nitrogen and oxygen atoms in total. The number of sulfonamides is 1. The van der Waals surface area contributed by atoms with Crippen molar-refractivity contribution in [3.05, 3.63) is 59.7 Å². The summed E-state index contributed by atoms with van der Waals surface area (Å²) in [5.74, 6) is 0.491. The lowest BCUT2D eigenvalue weighted by atomic mass is 10.0. The maximum Gasteiger partial charge on any atom is 0.241 e. The zero-order valence-electron chi connectivity index (χ0n) is 17.0. The molecule has 0 saturated heterocycles. The second-order valence-corrected chi connectivity index (χ2v) is 8.95. The van der Waals surface area contributed by atoms with Crippen molar-refractivity contribution in [2.24, 2.45) is 0 Å². The number of nitrogens with one attached hydrogen (secondary N) is 1. The van der Waals surface area contributed by atoms with Crippen molar-refractivity contribution in [2.75, 3.05) is 24.2 Å². The number of rotatable bonds is 8. The highest BCUT2D eigenvalue weighted by molar-refractivity contribution is 7.92. The number of ether oxygens (including phenoxy) is 1. The van der Waals surface area contributed by atoms with Crippen LogP contribution in [0.25, 0.3) is 0 Å². The number of amides is 1. The van der Waals surface area contributed by atoms with Gasteiger partial charge >= 0.3 is 0 Å². The normalized spacial score (nSPS) is 12.5. The molecule has 0 bridgehead atoms. The Morgan fingerprint density at radius 1 is 1.07 bits per heavy atom. The minimum absolute atomic E-state index is 0.127. The van der Waals surface area contributed by atoms with E-state index in [0.717, 1.165) is 23.1 Å². The molecule has 2 aromatic rings. The van der Waals surface area contributed by atoms with Gasteiger partial charge in [0.1, 0.15) is 12.3 Å². The molecule has 1 atom stereocenters. The van der Waals surface area contributed by atoms with Crippen LogP contribution in [0.4, 0.5) is 5.69 Å². The van der Waals surface area contributed by atoms with Crippen molar-refractivity contribution in [2.45, 2.75) is 32.7 Å². The van der Waals surface area contributed by atoms with E-state index in [-0.39, 0.29) is 24.4 Å². The third-order valence-electron chi connectivity index (χ3n) is 4.51. The van der Waals surface area contributed by atoms with Crippen molar-refractivity contribution < 1.29 is 17.9 Å². The fourth-order valence-electron chi connectivity index (χ4n) is 2.98. The molecule has 152 valence electrons. The molecule has 2 aromatic carbocycles. The Labute approximate surface area is 167 Å². The van der Waals surface area contributed by atoms with E-state index in [0.29, 0.717) is 5.69 Å². The highest BCUT2D eigenvalue weighted by atomic mass is 32.2. The van der Waals surface area contributed by atoms with E-state index in [1.807, 2.05) is 57.2 Å². The summed E-state index contributed by atoms with van der Waals surface area (Å²) < 4.78 is 31.1. The number of benzene rings is 2. The van der Waals surface area contributed by atoms with Crippen LogP contribution in [0.2, 0.25) is 0 Å². The van der Waals surface area contributed by atoms with Crippen molar-refractivity contribution in [3.8, 4) is 5.75 Å². The van der Waals surface area contributed by atoms with Gasteiger partial charge in [0.05, 0.1) is 25.1 Å². The van der Waals surface area contributed by atoms with E-state index in [4.69, 9.17) is 4.74 Å². The van der Waals surface area contributed by atoms with Crippen molar-refractivity contribution in [1.29, 1.82) is 0 Å². The van der Waals surface area contributed by atoms with E-state index < -0.39 is 10.0 Å². The number of carbonyl (C=O) groups excluding carboxylic acids is 1. The van der Waals surface area contributed by atoms with E-state index in [9.17, 15) is 13.2 Å². The van der Waals surface area contributed by atoms with Gasteiger partial charge in [-0.2, -0.15) is 0 Å². The monoisotopic (exact) mass is 404 g/mol. The third kappa shape index (κ3) is 5.48. The molecule has 0 aliphatic rings. The minimum atomic E-state index is -3.62. The Morgan fingerprint density at radius 2 is 1.68 bits per heavy atom. The van der Waals surface area contributed by atoms with Crippen LogP contribution < -0.4 is 14.4 Å². The van der Waals surface area contributed by atoms with Crippen LogP contribution >= 0.6 is 0 Å². The molecule has 0 fully saturated rings. The van der Waals surface area contributed by atoms with Gasteiger partial charge in [-0.15, -0.1) is 0 Å². The summed E-state index contributed by atoms with van der Waals surface area (Å²) in [4.78, 5) is 12.6. The molecule has 0 aliphatic carbocycles. The van der Waals surface area contributed by atoms with E-state index in [2.05, 4.69) is 5.32 Å². The number of nitrogens with zero attached hydrogens (tertiary/aromatic N) is 1. The summed E-state index contributed by atoms with van der Waals surface area (Å²) in [6.07, 6.45) is 1.12. The molecule has 0 radical (unpaired) electrons. The van der Waals surface area contributed by atoms with Gasteiger partial charge < -0.3 is 10.1 Å². The maximum atomic E-state index is 12.6. The zero-order chi connectivity index (χ0) is 20.9. The van der Waals surface area contributed by atoms with Crippen LogP contribution in [0, 0.1) is 0 Å². The highest BCUT2D eigenvalue weighted by Gasteiger charge is 2.24. The summed E-state index contributed by atoms with van der Waals surface area (Å²) in [6, 6.07) is 14.4. The number of hydrogen-bond donors (Lipinski definition) is 1. The predicted octanol–water partition coefficient (Wildman–Crippen LogP) is 3.46. The van der Waals surface area contributed by atoms with Gasteiger partial charge in [-0.1, -0.05) is 44.2 Å². The van der Waals surface area contributed by atoms with Gasteiger partial charge in [0.15, 0.2) is 0 Å². The largest absolute Gasteiger partial charge is 0.497 e. The van der Waals surface area contributed by atoms with E-state index in [1.165, 1.54) is 4.31 Å². The standard InChI is InChI=1S/C21H28N2O4S/c1-15(2)19-8-6-7-9-20(19)23(28(5,25)26)14-21(24)22-16(3)17-10-12-18(27-4)13-11-17/h6-13,15-16H,14H2,1-5H3,(H,22,24). The molecule has 28 heavy (non-hydrogen) atoms. The quantitative estimate of drug-likeness (QED) is 0.731. The molecule has 1 amide bonds. The molecule has 2 rings (SSSR count).